The molecule has 0 N–H and O–H groups in total. The lowest BCUT2D eigenvalue weighted by Crippen LogP contribution is -2.53. The largest absolute Gasteiger partial charge is 0.455 e. The second kappa shape index (κ2) is 9.75. The van der Waals surface area contributed by atoms with Gasteiger partial charge >= 0.3 is 5.97 Å². The van der Waals surface area contributed by atoms with Gasteiger partial charge in [0.1, 0.15) is 5.60 Å². The van der Waals surface area contributed by atoms with Crippen molar-refractivity contribution in [1.82, 2.24) is 4.90 Å². The molecule has 4 heteroatoms. The van der Waals surface area contributed by atoms with Crippen LogP contribution in [0.25, 0.3) is 0 Å². The van der Waals surface area contributed by atoms with Gasteiger partial charge in [0.15, 0.2) is 0 Å². The van der Waals surface area contributed by atoms with Gasteiger partial charge in [-0.2, -0.15) is 0 Å². The van der Waals surface area contributed by atoms with Crippen LogP contribution in [0.1, 0.15) is 69.2 Å². The first kappa shape index (κ1) is 21.2. The van der Waals surface area contributed by atoms with E-state index in [0.29, 0.717) is 17.4 Å². The first-order valence-electron chi connectivity index (χ1n) is 10.1. The maximum atomic E-state index is 12.8. The van der Waals surface area contributed by atoms with Gasteiger partial charge in [-0.1, -0.05) is 44.9 Å². The first-order chi connectivity index (χ1) is 12.1. The summed E-state index contributed by atoms with van der Waals surface area (Å²) in [6.45, 7) is 7.95. The van der Waals surface area contributed by atoms with Gasteiger partial charge < -0.3 is 9.64 Å². The normalized spacial score (nSPS) is 27.0. The van der Waals surface area contributed by atoms with E-state index in [-0.39, 0.29) is 24.0 Å². The summed E-state index contributed by atoms with van der Waals surface area (Å²) >= 11 is 0. The smallest absolute Gasteiger partial charge is 0.338 e. The predicted octanol–water partition coefficient (Wildman–Crippen LogP) is 5.34. The van der Waals surface area contributed by atoms with Gasteiger partial charge in [0.05, 0.1) is 5.56 Å². The molecule has 2 atom stereocenters. The molecule has 1 saturated heterocycles. The minimum atomic E-state index is -0.317. The van der Waals surface area contributed by atoms with Gasteiger partial charge in [-0.15, -0.1) is 12.4 Å². The number of halogens is 1. The third-order valence-corrected chi connectivity index (χ3v) is 6.26. The van der Waals surface area contributed by atoms with Crippen LogP contribution in [0, 0.1) is 11.8 Å². The van der Waals surface area contributed by atoms with Crippen LogP contribution >= 0.6 is 12.4 Å². The van der Waals surface area contributed by atoms with Crippen molar-refractivity contribution in [1.29, 1.82) is 0 Å². The Labute approximate surface area is 164 Å². The summed E-state index contributed by atoms with van der Waals surface area (Å²) in [6, 6.07) is 9.47. The Balaban J connectivity index is 0.00000243. The lowest BCUT2D eigenvalue weighted by molar-refractivity contribution is -0.108. The molecular formula is C22H34ClNO2. The lowest BCUT2D eigenvalue weighted by atomic mass is 9.68. The highest BCUT2D eigenvalue weighted by molar-refractivity contribution is 5.89. The zero-order chi connectivity index (χ0) is 17.7. The zero-order valence-corrected chi connectivity index (χ0v) is 17.1. The first-order valence-corrected chi connectivity index (χ1v) is 10.1. The third-order valence-electron chi connectivity index (χ3n) is 6.26. The van der Waals surface area contributed by atoms with Gasteiger partial charge in [-0.05, 0) is 63.2 Å². The van der Waals surface area contributed by atoms with Gasteiger partial charge in [-0.3, -0.25) is 0 Å². The zero-order valence-electron chi connectivity index (χ0n) is 16.3. The Morgan fingerprint density at radius 1 is 1.12 bits per heavy atom. The molecule has 1 saturated carbocycles. The van der Waals surface area contributed by atoms with Crippen molar-refractivity contribution in [2.24, 2.45) is 11.8 Å². The van der Waals surface area contributed by atoms with Crippen molar-refractivity contribution in [3.8, 4) is 0 Å². The molecule has 1 aromatic carbocycles. The summed E-state index contributed by atoms with van der Waals surface area (Å²) in [5, 5.41) is 0. The number of hydrogen-bond donors (Lipinski definition) is 0. The van der Waals surface area contributed by atoms with E-state index in [4.69, 9.17) is 4.74 Å². The van der Waals surface area contributed by atoms with E-state index in [2.05, 4.69) is 18.7 Å². The standard InChI is InChI=1S/C22H33NO2.ClH/c1-18(2)22(25-21(24)19-11-5-3-6-12-19)14-8-7-13-20(22)17-23-15-9-4-10-16-23;/h3,5-6,11-12,18,20H,4,7-10,13-17H2,1-2H3;1H. The van der Waals surface area contributed by atoms with Crippen LogP contribution in [0.2, 0.25) is 0 Å². The summed E-state index contributed by atoms with van der Waals surface area (Å²) in [5.41, 5.74) is 0.354. The van der Waals surface area contributed by atoms with E-state index < -0.39 is 0 Å². The summed E-state index contributed by atoms with van der Waals surface area (Å²) in [7, 11) is 0. The highest BCUT2D eigenvalue weighted by Gasteiger charge is 2.47. The summed E-state index contributed by atoms with van der Waals surface area (Å²) < 4.78 is 6.32. The molecule has 1 heterocycles. The molecule has 0 aromatic heterocycles. The summed E-state index contributed by atoms with van der Waals surface area (Å²) in [5.74, 6) is 0.641. The average Bonchev–Trinajstić information content (AvgIpc) is 2.64. The number of esters is 1. The Morgan fingerprint density at radius 3 is 2.46 bits per heavy atom. The Hall–Kier alpha value is -1.06. The molecule has 0 spiro atoms. The molecule has 2 aliphatic rings. The van der Waals surface area contributed by atoms with Gasteiger partial charge in [0, 0.05) is 12.5 Å². The number of carbonyl (C=O) groups excluding carboxylic acids is 1. The van der Waals surface area contributed by atoms with Gasteiger partial charge in [0.25, 0.3) is 0 Å². The van der Waals surface area contributed by atoms with Crippen molar-refractivity contribution < 1.29 is 9.53 Å². The summed E-state index contributed by atoms with van der Waals surface area (Å²) in [6.07, 6.45) is 8.58. The highest BCUT2D eigenvalue weighted by Crippen LogP contribution is 2.43. The number of ether oxygens (including phenoxy) is 1. The fraction of sp³-hybridized carbons (Fsp3) is 0.682. The van der Waals surface area contributed by atoms with E-state index >= 15 is 0 Å². The van der Waals surface area contributed by atoms with Gasteiger partial charge in [0.2, 0.25) is 0 Å². The Bertz CT molecular complexity index is 557. The molecular weight excluding hydrogens is 346 g/mol. The third kappa shape index (κ3) is 4.80. The molecule has 2 unspecified atom stereocenters. The number of carbonyl (C=O) groups is 1. The van der Waals surface area contributed by atoms with E-state index in [1.54, 1.807) is 0 Å². The van der Waals surface area contributed by atoms with Crippen molar-refractivity contribution in [2.75, 3.05) is 19.6 Å². The van der Waals surface area contributed by atoms with E-state index in [1.807, 2.05) is 30.3 Å². The predicted molar refractivity (Wildman–Crippen MR) is 109 cm³/mol. The quantitative estimate of drug-likeness (QED) is 0.647. The minimum absolute atomic E-state index is 0. The van der Waals surface area contributed by atoms with Crippen molar-refractivity contribution >= 4 is 18.4 Å². The molecule has 1 aliphatic heterocycles. The van der Waals surface area contributed by atoms with Crippen LogP contribution in [-0.4, -0.2) is 36.1 Å². The van der Waals surface area contributed by atoms with Crippen molar-refractivity contribution in [2.45, 2.75) is 64.4 Å². The summed E-state index contributed by atoms with van der Waals surface area (Å²) in [4.78, 5) is 15.4. The van der Waals surface area contributed by atoms with Crippen molar-refractivity contribution in [3.63, 3.8) is 0 Å². The average molecular weight is 380 g/mol. The SMILES string of the molecule is CC(C)C1(OC(=O)c2ccccc2)CCCCC1CN1CCCCC1.Cl. The van der Waals surface area contributed by atoms with E-state index in [1.165, 1.54) is 45.2 Å². The second-order valence-corrected chi connectivity index (χ2v) is 8.17. The lowest BCUT2D eigenvalue weighted by Gasteiger charge is -2.48. The van der Waals surface area contributed by atoms with Crippen LogP contribution in [-0.2, 0) is 4.74 Å². The fourth-order valence-corrected chi connectivity index (χ4v) is 4.76. The number of piperidine rings is 1. The molecule has 3 nitrogen and oxygen atoms in total. The van der Waals surface area contributed by atoms with Crippen LogP contribution in [0.4, 0.5) is 0 Å². The van der Waals surface area contributed by atoms with E-state index in [9.17, 15) is 4.79 Å². The topological polar surface area (TPSA) is 29.5 Å². The number of hydrogen-bond acceptors (Lipinski definition) is 3. The Morgan fingerprint density at radius 2 is 1.81 bits per heavy atom. The fourth-order valence-electron chi connectivity index (χ4n) is 4.76. The maximum absolute atomic E-state index is 12.8. The number of benzene rings is 1. The second-order valence-electron chi connectivity index (χ2n) is 8.17. The van der Waals surface area contributed by atoms with Crippen molar-refractivity contribution in [3.05, 3.63) is 35.9 Å². The molecule has 1 aliphatic carbocycles. The Kier molecular flexibility index (Phi) is 7.97. The molecule has 3 rings (SSSR count). The van der Waals surface area contributed by atoms with Crippen LogP contribution < -0.4 is 0 Å². The minimum Gasteiger partial charge on any atom is -0.455 e. The number of rotatable bonds is 5. The monoisotopic (exact) mass is 379 g/mol. The molecule has 146 valence electrons. The molecule has 0 amide bonds. The molecule has 2 fully saturated rings. The molecule has 26 heavy (non-hydrogen) atoms. The number of likely N-dealkylation sites (tertiary alicyclic amines) is 1. The molecule has 1 aromatic rings. The highest BCUT2D eigenvalue weighted by atomic mass is 35.5. The van der Waals surface area contributed by atoms with E-state index in [0.717, 1.165) is 19.4 Å². The van der Waals surface area contributed by atoms with Crippen LogP contribution in [0.15, 0.2) is 30.3 Å². The number of nitrogens with zero attached hydrogens (tertiary/aromatic N) is 1. The van der Waals surface area contributed by atoms with Gasteiger partial charge in [-0.25, -0.2) is 4.79 Å². The molecule has 0 radical (unpaired) electrons. The van der Waals surface area contributed by atoms with Crippen LogP contribution in [0.3, 0.4) is 0 Å². The van der Waals surface area contributed by atoms with Crippen LogP contribution in [0.5, 0.6) is 0 Å². The maximum Gasteiger partial charge on any atom is 0.338 e. The molecule has 0 bridgehead atoms.